The standard InChI is InChI=1S/C25H31N3O5S/c1-18(25(29)26-12-10-19-6-9-23(32-2)24(16-19)33-3)28-15-11-20-17-21(7-8-22(20)28)34(30,31)27-13-4-5-14-27/h6-9,11,15-18H,4-5,10,12-14H2,1-3H3,(H,26,29)/t18-/m1/s1. The van der Waals surface area contributed by atoms with Gasteiger partial charge in [0.25, 0.3) is 0 Å². The van der Waals surface area contributed by atoms with Gasteiger partial charge in [-0.25, -0.2) is 8.42 Å². The number of hydrogen-bond donors (Lipinski definition) is 1. The third-order valence-electron chi connectivity index (χ3n) is 6.35. The molecule has 1 amide bonds. The van der Waals surface area contributed by atoms with Gasteiger partial charge in [-0.15, -0.1) is 0 Å². The molecule has 34 heavy (non-hydrogen) atoms. The molecule has 1 fully saturated rings. The fraction of sp³-hybridized carbons (Fsp3) is 0.400. The Bertz CT molecular complexity index is 1280. The van der Waals surface area contributed by atoms with Crippen molar-refractivity contribution in [1.82, 2.24) is 14.2 Å². The van der Waals surface area contributed by atoms with E-state index < -0.39 is 16.1 Å². The Morgan fingerprint density at radius 3 is 2.47 bits per heavy atom. The van der Waals surface area contributed by atoms with E-state index in [9.17, 15) is 13.2 Å². The summed E-state index contributed by atoms with van der Waals surface area (Å²) in [4.78, 5) is 13.1. The van der Waals surface area contributed by atoms with Crippen LogP contribution in [0.1, 0.15) is 31.4 Å². The molecule has 8 nitrogen and oxygen atoms in total. The van der Waals surface area contributed by atoms with Crippen LogP contribution in [0, 0.1) is 0 Å². The summed E-state index contributed by atoms with van der Waals surface area (Å²) < 4.78 is 39.8. The fourth-order valence-electron chi connectivity index (χ4n) is 4.36. The zero-order chi connectivity index (χ0) is 24.3. The quantitative estimate of drug-likeness (QED) is 0.502. The summed E-state index contributed by atoms with van der Waals surface area (Å²) in [6.45, 7) is 3.46. The van der Waals surface area contributed by atoms with Gasteiger partial charge in [-0.05, 0) is 68.1 Å². The molecule has 1 N–H and O–H groups in total. The highest BCUT2D eigenvalue weighted by atomic mass is 32.2. The molecule has 4 rings (SSSR count). The molecule has 9 heteroatoms. The molecule has 0 unspecified atom stereocenters. The SMILES string of the molecule is COc1ccc(CCNC(=O)[C@@H](C)n2ccc3cc(S(=O)(=O)N4CCCC4)ccc32)cc1OC. The minimum atomic E-state index is -3.48. The van der Waals surface area contributed by atoms with Crippen LogP contribution in [-0.2, 0) is 21.2 Å². The van der Waals surface area contributed by atoms with Crippen LogP contribution < -0.4 is 14.8 Å². The second kappa shape index (κ2) is 10.1. The maximum absolute atomic E-state index is 12.9. The largest absolute Gasteiger partial charge is 0.493 e. The number of nitrogens with zero attached hydrogens (tertiary/aromatic N) is 2. The second-order valence-corrected chi connectivity index (χ2v) is 10.4. The van der Waals surface area contributed by atoms with Crippen LogP contribution in [0.4, 0.5) is 0 Å². The third-order valence-corrected chi connectivity index (χ3v) is 8.25. The summed E-state index contributed by atoms with van der Waals surface area (Å²) in [6, 6.07) is 12.2. The van der Waals surface area contributed by atoms with Crippen molar-refractivity contribution in [2.75, 3.05) is 33.9 Å². The molecule has 1 saturated heterocycles. The zero-order valence-corrected chi connectivity index (χ0v) is 20.6. The Kier molecular flexibility index (Phi) is 7.13. The van der Waals surface area contributed by atoms with E-state index in [1.165, 1.54) is 0 Å². The van der Waals surface area contributed by atoms with E-state index >= 15 is 0 Å². The molecular weight excluding hydrogens is 454 g/mol. The molecule has 0 radical (unpaired) electrons. The average molecular weight is 486 g/mol. The van der Waals surface area contributed by atoms with E-state index in [0.29, 0.717) is 42.4 Å². The van der Waals surface area contributed by atoms with E-state index in [-0.39, 0.29) is 5.91 Å². The van der Waals surface area contributed by atoms with Crippen molar-refractivity contribution < 1.29 is 22.7 Å². The first-order chi connectivity index (χ1) is 16.3. The predicted octanol–water partition coefficient (Wildman–Crippen LogP) is 3.36. The summed E-state index contributed by atoms with van der Waals surface area (Å²) in [6.07, 6.45) is 4.28. The highest BCUT2D eigenvalue weighted by Crippen LogP contribution is 2.28. The fourth-order valence-corrected chi connectivity index (χ4v) is 5.91. The van der Waals surface area contributed by atoms with E-state index in [2.05, 4.69) is 5.32 Å². The lowest BCUT2D eigenvalue weighted by Gasteiger charge is -2.17. The molecule has 2 heterocycles. The number of benzene rings is 2. The molecule has 1 aromatic heterocycles. The van der Waals surface area contributed by atoms with Crippen LogP contribution >= 0.6 is 0 Å². The van der Waals surface area contributed by atoms with Crippen LogP contribution in [0.15, 0.2) is 53.6 Å². The zero-order valence-electron chi connectivity index (χ0n) is 19.8. The number of aromatic nitrogens is 1. The van der Waals surface area contributed by atoms with Gasteiger partial charge in [0.05, 0.1) is 19.1 Å². The van der Waals surface area contributed by atoms with E-state index in [1.807, 2.05) is 42.0 Å². The van der Waals surface area contributed by atoms with Crippen LogP contribution in [-0.4, -0.2) is 57.1 Å². The van der Waals surface area contributed by atoms with Gasteiger partial charge in [0, 0.05) is 36.7 Å². The summed E-state index contributed by atoms with van der Waals surface area (Å²) in [5.74, 6) is 1.22. The van der Waals surface area contributed by atoms with Gasteiger partial charge in [-0.2, -0.15) is 4.31 Å². The van der Waals surface area contributed by atoms with Gasteiger partial charge in [-0.1, -0.05) is 6.07 Å². The Labute approximate surface area is 200 Å². The van der Waals surface area contributed by atoms with E-state index in [4.69, 9.17) is 9.47 Å². The van der Waals surface area contributed by atoms with Crippen molar-refractivity contribution in [3.8, 4) is 11.5 Å². The lowest BCUT2D eigenvalue weighted by molar-refractivity contribution is -0.123. The number of amides is 1. The highest BCUT2D eigenvalue weighted by Gasteiger charge is 2.27. The normalized spacial score (nSPS) is 15.4. The molecule has 1 aliphatic rings. The molecule has 0 bridgehead atoms. The molecule has 0 saturated carbocycles. The van der Waals surface area contributed by atoms with Crippen molar-refractivity contribution in [2.24, 2.45) is 0 Å². The average Bonchev–Trinajstić information content (AvgIpc) is 3.53. The lowest BCUT2D eigenvalue weighted by atomic mass is 10.1. The molecular formula is C25H31N3O5S. The van der Waals surface area contributed by atoms with Crippen molar-refractivity contribution in [1.29, 1.82) is 0 Å². The third kappa shape index (κ3) is 4.76. The predicted molar refractivity (Wildman–Crippen MR) is 131 cm³/mol. The number of rotatable bonds is 9. The first-order valence-electron chi connectivity index (χ1n) is 11.4. The van der Waals surface area contributed by atoms with Crippen molar-refractivity contribution >= 4 is 26.8 Å². The van der Waals surface area contributed by atoms with Crippen molar-refractivity contribution in [3.05, 3.63) is 54.2 Å². The molecule has 0 spiro atoms. The van der Waals surface area contributed by atoms with Crippen molar-refractivity contribution in [2.45, 2.75) is 37.1 Å². The van der Waals surface area contributed by atoms with Crippen LogP contribution in [0.25, 0.3) is 10.9 Å². The number of fused-ring (bicyclic) bond motifs is 1. The molecule has 182 valence electrons. The summed E-state index contributed by atoms with van der Waals surface area (Å²) in [7, 11) is -0.288. The first-order valence-corrected chi connectivity index (χ1v) is 12.9. The summed E-state index contributed by atoms with van der Waals surface area (Å²) >= 11 is 0. The number of nitrogens with one attached hydrogen (secondary N) is 1. The van der Waals surface area contributed by atoms with E-state index in [1.54, 1.807) is 36.7 Å². The minimum Gasteiger partial charge on any atom is -0.493 e. The Morgan fingerprint density at radius 2 is 1.76 bits per heavy atom. The summed E-state index contributed by atoms with van der Waals surface area (Å²) in [5, 5.41) is 3.78. The van der Waals surface area contributed by atoms with Crippen molar-refractivity contribution in [3.63, 3.8) is 0 Å². The van der Waals surface area contributed by atoms with Gasteiger partial charge < -0.3 is 19.4 Å². The Balaban J connectivity index is 1.42. The number of carbonyl (C=O) groups is 1. The number of hydrogen-bond acceptors (Lipinski definition) is 5. The van der Waals surface area contributed by atoms with Gasteiger partial charge in [0.1, 0.15) is 6.04 Å². The number of carbonyl (C=O) groups excluding carboxylic acids is 1. The number of methoxy groups -OCH3 is 2. The van der Waals surface area contributed by atoms with Crippen LogP contribution in [0.5, 0.6) is 11.5 Å². The number of sulfonamides is 1. The van der Waals surface area contributed by atoms with E-state index in [0.717, 1.165) is 29.3 Å². The second-order valence-electron chi connectivity index (χ2n) is 8.46. The smallest absolute Gasteiger partial charge is 0.243 e. The summed E-state index contributed by atoms with van der Waals surface area (Å²) in [5.41, 5.74) is 1.85. The molecule has 0 aliphatic carbocycles. The maximum atomic E-state index is 12.9. The molecule has 1 atom stereocenters. The van der Waals surface area contributed by atoms with Gasteiger partial charge >= 0.3 is 0 Å². The van der Waals surface area contributed by atoms with Gasteiger partial charge in [0.2, 0.25) is 15.9 Å². The van der Waals surface area contributed by atoms with Gasteiger partial charge in [0.15, 0.2) is 11.5 Å². The Morgan fingerprint density at radius 1 is 1.03 bits per heavy atom. The minimum absolute atomic E-state index is 0.105. The lowest BCUT2D eigenvalue weighted by Crippen LogP contribution is -2.32. The van der Waals surface area contributed by atoms with Crippen LogP contribution in [0.3, 0.4) is 0 Å². The molecule has 2 aromatic carbocycles. The molecule has 1 aliphatic heterocycles. The first kappa shape index (κ1) is 24.1. The van der Waals surface area contributed by atoms with Gasteiger partial charge in [-0.3, -0.25) is 4.79 Å². The number of ether oxygens (including phenoxy) is 2. The van der Waals surface area contributed by atoms with Crippen LogP contribution in [0.2, 0.25) is 0 Å². The topological polar surface area (TPSA) is 89.9 Å². The highest BCUT2D eigenvalue weighted by molar-refractivity contribution is 7.89. The maximum Gasteiger partial charge on any atom is 0.243 e. The Hall–Kier alpha value is -3.04. The molecule has 3 aromatic rings. The monoisotopic (exact) mass is 485 g/mol.